The van der Waals surface area contributed by atoms with Gasteiger partial charge in [-0.3, -0.25) is 4.79 Å². The number of carbonyl (C=O) groups is 1. The highest BCUT2D eigenvalue weighted by Gasteiger charge is 2.36. The van der Waals surface area contributed by atoms with Crippen molar-refractivity contribution in [1.82, 2.24) is 9.55 Å². The van der Waals surface area contributed by atoms with Crippen LogP contribution in [0.2, 0.25) is 0 Å². The number of aromatic nitrogens is 2. The topological polar surface area (TPSA) is 53.4 Å². The number of ether oxygens (including phenoxy) is 2. The largest absolute Gasteiger partial charge is 0.493 e. The van der Waals surface area contributed by atoms with Crippen LogP contribution in [0.15, 0.2) is 59.2 Å². The van der Waals surface area contributed by atoms with Crippen LogP contribution in [0.4, 0.5) is 13.2 Å². The molecule has 3 rings (SSSR count). The number of rotatable bonds is 11. The van der Waals surface area contributed by atoms with E-state index >= 15 is 0 Å². The lowest BCUT2D eigenvalue weighted by Crippen LogP contribution is -2.15. The van der Waals surface area contributed by atoms with Gasteiger partial charge in [-0.2, -0.15) is 13.2 Å². The minimum absolute atomic E-state index is 0.0424. The number of imidazole rings is 1. The number of hydrogen-bond donors (Lipinski definition) is 0. The van der Waals surface area contributed by atoms with Gasteiger partial charge >= 0.3 is 12.1 Å². The molecule has 9 heteroatoms. The molecule has 0 radical (unpaired) electrons. The summed E-state index contributed by atoms with van der Waals surface area (Å²) in [5.41, 5.74) is 0.383. The second-order valence-corrected chi connectivity index (χ2v) is 8.55. The van der Waals surface area contributed by atoms with E-state index in [1.54, 1.807) is 55.5 Å². The van der Waals surface area contributed by atoms with Crippen LogP contribution >= 0.6 is 15.9 Å². The molecule has 0 spiro atoms. The molecule has 1 aromatic heterocycles. The second kappa shape index (κ2) is 12.1. The Morgan fingerprint density at radius 1 is 1.06 bits per heavy atom. The van der Waals surface area contributed by atoms with Crippen molar-refractivity contribution in [2.24, 2.45) is 0 Å². The Labute approximate surface area is 205 Å². The van der Waals surface area contributed by atoms with Crippen molar-refractivity contribution in [3.63, 3.8) is 0 Å². The molecule has 0 bridgehead atoms. The van der Waals surface area contributed by atoms with Gasteiger partial charge in [0, 0.05) is 22.0 Å². The van der Waals surface area contributed by atoms with E-state index in [1.165, 1.54) is 4.57 Å². The molecule has 0 amide bonds. The first kappa shape index (κ1) is 25.8. The summed E-state index contributed by atoms with van der Waals surface area (Å²) in [5.74, 6) is 0.543. The first-order valence-corrected chi connectivity index (χ1v) is 11.8. The fourth-order valence-electron chi connectivity index (χ4n) is 3.50. The van der Waals surface area contributed by atoms with Crippen LogP contribution in [0.1, 0.15) is 43.9 Å². The number of esters is 1. The number of hydrogen-bond acceptors (Lipinski definition) is 4. The van der Waals surface area contributed by atoms with Crippen molar-refractivity contribution in [1.29, 1.82) is 0 Å². The smallest absolute Gasteiger partial charge is 0.433 e. The molecule has 2 aromatic carbocycles. The molecule has 1 heterocycles. The third-order valence-corrected chi connectivity index (χ3v) is 5.67. The molecule has 0 atom stereocenters. The summed E-state index contributed by atoms with van der Waals surface area (Å²) in [6.45, 7) is 2.50. The summed E-state index contributed by atoms with van der Waals surface area (Å²) >= 11 is 3.34. The standard InChI is InChI=1S/C25H26BrF3N2O3/c1-2-33-23(32)10-4-3-7-15-34-21-9-6-5-8-19(21)17-31-22(25(27,28)29)16-30-24(31)18-11-13-20(26)14-12-18/h5-6,8-9,11-14,16H,2-4,7,10,15,17H2,1H3. The van der Waals surface area contributed by atoms with Gasteiger partial charge in [0.15, 0.2) is 0 Å². The lowest BCUT2D eigenvalue weighted by atomic mass is 10.1. The van der Waals surface area contributed by atoms with E-state index in [4.69, 9.17) is 9.47 Å². The molecule has 0 saturated carbocycles. The third kappa shape index (κ3) is 7.09. The van der Waals surface area contributed by atoms with E-state index in [-0.39, 0.29) is 18.3 Å². The molecule has 0 saturated heterocycles. The van der Waals surface area contributed by atoms with E-state index in [9.17, 15) is 18.0 Å². The lowest BCUT2D eigenvalue weighted by molar-refractivity contribution is -0.144. The summed E-state index contributed by atoms with van der Waals surface area (Å²) in [7, 11) is 0. The molecular weight excluding hydrogens is 513 g/mol. The van der Waals surface area contributed by atoms with Crippen molar-refractivity contribution in [2.45, 2.75) is 45.3 Å². The van der Waals surface area contributed by atoms with Crippen LogP contribution in [0.3, 0.4) is 0 Å². The Kier molecular flexibility index (Phi) is 9.15. The fraction of sp³-hybridized carbons (Fsp3) is 0.360. The van der Waals surface area contributed by atoms with Gasteiger partial charge < -0.3 is 14.0 Å². The summed E-state index contributed by atoms with van der Waals surface area (Å²) < 4.78 is 54.0. The van der Waals surface area contributed by atoms with Crippen LogP contribution in [-0.4, -0.2) is 28.7 Å². The van der Waals surface area contributed by atoms with Crippen molar-refractivity contribution >= 4 is 21.9 Å². The molecular formula is C25H26BrF3N2O3. The first-order valence-electron chi connectivity index (χ1n) is 11.0. The third-order valence-electron chi connectivity index (χ3n) is 5.14. The highest BCUT2D eigenvalue weighted by atomic mass is 79.9. The normalized spacial score (nSPS) is 11.4. The van der Waals surface area contributed by atoms with Gasteiger partial charge in [-0.15, -0.1) is 0 Å². The Morgan fingerprint density at radius 2 is 1.79 bits per heavy atom. The molecule has 5 nitrogen and oxygen atoms in total. The number of alkyl halides is 3. The summed E-state index contributed by atoms with van der Waals surface area (Å²) in [4.78, 5) is 15.5. The molecule has 34 heavy (non-hydrogen) atoms. The van der Waals surface area contributed by atoms with Crippen LogP contribution in [0.25, 0.3) is 11.4 Å². The molecule has 0 unspecified atom stereocenters. The number of benzene rings is 2. The Bertz CT molecular complexity index is 1080. The zero-order chi connectivity index (χ0) is 24.6. The number of nitrogens with zero attached hydrogens (tertiary/aromatic N) is 2. The van der Waals surface area contributed by atoms with Crippen LogP contribution in [-0.2, 0) is 22.3 Å². The van der Waals surface area contributed by atoms with Crippen molar-refractivity contribution in [3.05, 3.63) is 70.5 Å². The summed E-state index contributed by atoms with van der Waals surface area (Å²) in [5, 5.41) is 0. The van der Waals surface area contributed by atoms with E-state index in [0.717, 1.165) is 23.5 Å². The highest BCUT2D eigenvalue weighted by molar-refractivity contribution is 9.10. The van der Waals surface area contributed by atoms with Gasteiger partial charge in [0.2, 0.25) is 0 Å². The van der Waals surface area contributed by atoms with Gasteiger partial charge in [-0.25, -0.2) is 4.98 Å². The van der Waals surface area contributed by atoms with Crippen LogP contribution < -0.4 is 4.74 Å². The maximum atomic E-state index is 13.7. The Morgan fingerprint density at radius 3 is 2.50 bits per heavy atom. The SMILES string of the molecule is CCOC(=O)CCCCCOc1ccccc1Cn1c(C(F)(F)F)cnc1-c1ccc(Br)cc1. The minimum atomic E-state index is -4.55. The highest BCUT2D eigenvalue weighted by Crippen LogP contribution is 2.34. The second-order valence-electron chi connectivity index (χ2n) is 7.63. The number of unbranched alkanes of at least 4 members (excludes halogenated alkanes) is 2. The van der Waals surface area contributed by atoms with Gasteiger partial charge in [0.25, 0.3) is 0 Å². The predicted octanol–water partition coefficient (Wildman–Crippen LogP) is 6.88. The van der Waals surface area contributed by atoms with Gasteiger partial charge in [0.05, 0.1) is 26.0 Å². The van der Waals surface area contributed by atoms with Gasteiger partial charge in [-0.05, 0) is 44.4 Å². The van der Waals surface area contributed by atoms with E-state index in [1.807, 2.05) is 0 Å². The maximum Gasteiger partial charge on any atom is 0.433 e. The molecule has 0 aliphatic carbocycles. The molecule has 182 valence electrons. The molecule has 0 fully saturated rings. The predicted molar refractivity (Wildman–Crippen MR) is 127 cm³/mol. The Hall–Kier alpha value is -2.81. The lowest BCUT2D eigenvalue weighted by Gasteiger charge is -2.17. The van der Waals surface area contributed by atoms with Crippen molar-refractivity contribution in [3.8, 4) is 17.1 Å². The van der Waals surface area contributed by atoms with E-state index < -0.39 is 11.9 Å². The van der Waals surface area contributed by atoms with Gasteiger partial charge in [0.1, 0.15) is 17.3 Å². The first-order chi connectivity index (χ1) is 16.3. The van der Waals surface area contributed by atoms with Crippen molar-refractivity contribution in [2.75, 3.05) is 13.2 Å². The fourth-order valence-corrected chi connectivity index (χ4v) is 3.76. The molecule has 0 N–H and O–H groups in total. The summed E-state index contributed by atoms with van der Waals surface area (Å²) in [6.07, 6.45) is -1.11. The monoisotopic (exact) mass is 538 g/mol. The van der Waals surface area contributed by atoms with Crippen LogP contribution in [0.5, 0.6) is 5.75 Å². The van der Waals surface area contributed by atoms with Crippen molar-refractivity contribution < 1.29 is 27.4 Å². The number of halogens is 4. The average Bonchev–Trinajstić information content (AvgIpc) is 3.22. The minimum Gasteiger partial charge on any atom is -0.493 e. The summed E-state index contributed by atoms with van der Waals surface area (Å²) in [6, 6.07) is 14.0. The molecule has 0 aliphatic rings. The Balaban J connectivity index is 1.73. The average molecular weight is 539 g/mol. The quantitative estimate of drug-likeness (QED) is 0.197. The van der Waals surface area contributed by atoms with Crippen LogP contribution in [0, 0.1) is 0 Å². The zero-order valence-electron chi connectivity index (χ0n) is 18.8. The number of para-hydroxylation sites is 1. The zero-order valence-corrected chi connectivity index (χ0v) is 20.4. The molecule has 0 aliphatic heterocycles. The van der Waals surface area contributed by atoms with E-state index in [2.05, 4.69) is 20.9 Å². The number of carbonyl (C=O) groups excluding carboxylic acids is 1. The van der Waals surface area contributed by atoms with E-state index in [0.29, 0.717) is 42.9 Å². The molecule has 3 aromatic rings. The maximum absolute atomic E-state index is 13.7. The van der Waals surface area contributed by atoms with Gasteiger partial charge in [-0.1, -0.05) is 46.3 Å².